The third-order valence-corrected chi connectivity index (χ3v) is 2.45. The number of nitrogens with one attached hydrogen (secondary N) is 1. The molecule has 6 nitrogen and oxygen atoms in total. The molecule has 0 unspecified atom stereocenters. The summed E-state index contributed by atoms with van der Waals surface area (Å²) in [5.74, 6) is 2.21. The van der Waals surface area contributed by atoms with Gasteiger partial charge in [0.2, 0.25) is 5.89 Å². The van der Waals surface area contributed by atoms with E-state index in [2.05, 4.69) is 41.2 Å². The van der Waals surface area contributed by atoms with Gasteiger partial charge in [0.1, 0.15) is 12.4 Å². The van der Waals surface area contributed by atoms with Gasteiger partial charge in [-0.25, -0.2) is 4.98 Å². The minimum absolute atomic E-state index is 0.0673. The molecule has 2 heterocycles. The topological polar surface area (TPSA) is 68.8 Å². The average Bonchev–Trinajstić information content (AvgIpc) is 2.85. The predicted octanol–water partition coefficient (Wildman–Crippen LogP) is 1.51. The van der Waals surface area contributed by atoms with Gasteiger partial charge in [0.15, 0.2) is 5.82 Å². The predicted molar refractivity (Wildman–Crippen MR) is 67.0 cm³/mol. The van der Waals surface area contributed by atoms with E-state index in [1.807, 2.05) is 17.7 Å². The van der Waals surface area contributed by atoms with E-state index >= 15 is 0 Å². The molecular weight excluding hydrogens is 230 g/mol. The number of imidazole rings is 1. The summed E-state index contributed by atoms with van der Waals surface area (Å²) in [5, 5.41) is 7.18. The van der Waals surface area contributed by atoms with Crippen molar-refractivity contribution in [1.29, 1.82) is 0 Å². The molecule has 2 rings (SSSR count). The van der Waals surface area contributed by atoms with Crippen molar-refractivity contribution in [3.8, 4) is 0 Å². The molecule has 0 bridgehead atoms. The van der Waals surface area contributed by atoms with Gasteiger partial charge in [-0.05, 0) is 27.7 Å². The Hall–Kier alpha value is -1.69. The lowest BCUT2D eigenvalue weighted by Gasteiger charge is -2.20. The van der Waals surface area contributed by atoms with Crippen LogP contribution >= 0.6 is 0 Å². The van der Waals surface area contributed by atoms with Gasteiger partial charge in [0.05, 0.1) is 6.54 Å². The summed E-state index contributed by atoms with van der Waals surface area (Å²) in [6.45, 7) is 9.46. The van der Waals surface area contributed by atoms with Crippen LogP contribution in [-0.4, -0.2) is 25.2 Å². The first kappa shape index (κ1) is 12.8. The molecule has 6 heteroatoms. The summed E-state index contributed by atoms with van der Waals surface area (Å²) < 4.78 is 7.11. The van der Waals surface area contributed by atoms with E-state index in [1.165, 1.54) is 0 Å². The molecule has 0 fully saturated rings. The largest absolute Gasteiger partial charge is 0.337 e. The van der Waals surface area contributed by atoms with E-state index < -0.39 is 0 Å². The van der Waals surface area contributed by atoms with Crippen LogP contribution in [0.4, 0.5) is 0 Å². The van der Waals surface area contributed by atoms with Crippen molar-refractivity contribution >= 4 is 0 Å². The van der Waals surface area contributed by atoms with E-state index in [0.717, 1.165) is 5.82 Å². The molecule has 1 N–H and O–H groups in total. The third kappa shape index (κ3) is 3.40. The molecule has 0 saturated carbocycles. The van der Waals surface area contributed by atoms with Crippen molar-refractivity contribution in [2.45, 2.75) is 46.3 Å². The van der Waals surface area contributed by atoms with E-state index in [9.17, 15) is 0 Å². The number of aromatic nitrogens is 4. The maximum absolute atomic E-state index is 5.11. The highest BCUT2D eigenvalue weighted by molar-refractivity contribution is 4.96. The molecule has 2 aromatic rings. The van der Waals surface area contributed by atoms with Gasteiger partial charge < -0.3 is 14.4 Å². The van der Waals surface area contributed by atoms with E-state index in [1.54, 1.807) is 6.20 Å². The van der Waals surface area contributed by atoms with Crippen molar-refractivity contribution in [1.82, 2.24) is 25.0 Å². The fourth-order valence-electron chi connectivity index (χ4n) is 1.55. The van der Waals surface area contributed by atoms with Gasteiger partial charge in [-0.1, -0.05) is 5.16 Å². The van der Waals surface area contributed by atoms with Crippen LogP contribution in [-0.2, 0) is 13.1 Å². The summed E-state index contributed by atoms with van der Waals surface area (Å²) in [6.07, 6.45) is 3.70. The van der Waals surface area contributed by atoms with E-state index in [4.69, 9.17) is 4.52 Å². The summed E-state index contributed by atoms with van der Waals surface area (Å²) in [5.41, 5.74) is 0.0673. The van der Waals surface area contributed by atoms with Gasteiger partial charge in [0, 0.05) is 17.9 Å². The molecule has 0 aliphatic rings. The lowest BCUT2D eigenvalue weighted by atomic mass is 10.1. The highest BCUT2D eigenvalue weighted by atomic mass is 16.5. The lowest BCUT2D eigenvalue weighted by Crippen LogP contribution is -2.36. The third-order valence-electron chi connectivity index (χ3n) is 2.45. The smallest absolute Gasteiger partial charge is 0.246 e. The maximum Gasteiger partial charge on any atom is 0.246 e. The zero-order valence-electron chi connectivity index (χ0n) is 11.3. The Kier molecular flexibility index (Phi) is 3.47. The van der Waals surface area contributed by atoms with Crippen molar-refractivity contribution in [3.05, 3.63) is 29.9 Å². The quantitative estimate of drug-likeness (QED) is 0.889. The second kappa shape index (κ2) is 4.89. The zero-order chi connectivity index (χ0) is 13.2. The highest BCUT2D eigenvalue weighted by Gasteiger charge is 2.12. The Morgan fingerprint density at radius 1 is 1.39 bits per heavy atom. The second-order valence-electron chi connectivity index (χ2n) is 5.31. The summed E-state index contributed by atoms with van der Waals surface area (Å²) in [7, 11) is 0. The normalized spacial score (nSPS) is 12.0. The summed E-state index contributed by atoms with van der Waals surface area (Å²) in [4.78, 5) is 8.52. The standard InChI is InChI=1S/C12H19N5O/c1-9-15-11(18-16-9)8-17-6-5-13-10(17)7-14-12(2,3)4/h5-6,14H,7-8H2,1-4H3. The van der Waals surface area contributed by atoms with Gasteiger partial charge in [-0.15, -0.1) is 0 Å². The fraction of sp³-hybridized carbons (Fsp3) is 0.583. The number of aryl methyl sites for hydroxylation is 1. The van der Waals surface area contributed by atoms with Crippen molar-refractivity contribution in [3.63, 3.8) is 0 Å². The Morgan fingerprint density at radius 2 is 2.17 bits per heavy atom. The first-order valence-electron chi connectivity index (χ1n) is 5.98. The molecule has 0 atom stereocenters. The molecule has 18 heavy (non-hydrogen) atoms. The Morgan fingerprint density at radius 3 is 2.78 bits per heavy atom. The van der Waals surface area contributed by atoms with E-state index in [0.29, 0.717) is 24.8 Å². The van der Waals surface area contributed by atoms with Crippen molar-refractivity contribution in [2.75, 3.05) is 0 Å². The van der Waals surface area contributed by atoms with Gasteiger partial charge in [-0.3, -0.25) is 0 Å². The molecule has 0 radical (unpaired) electrons. The van der Waals surface area contributed by atoms with Crippen LogP contribution in [0, 0.1) is 6.92 Å². The van der Waals surface area contributed by atoms with E-state index in [-0.39, 0.29) is 5.54 Å². The van der Waals surface area contributed by atoms with Gasteiger partial charge >= 0.3 is 0 Å². The second-order valence-corrected chi connectivity index (χ2v) is 5.31. The van der Waals surface area contributed by atoms with Crippen LogP contribution in [0.1, 0.15) is 38.3 Å². The first-order chi connectivity index (χ1) is 8.44. The van der Waals surface area contributed by atoms with Crippen LogP contribution in [0.3, 0.4) is 0 Å². The molecule has 0 saturated heterocycles. The molecule has 0 amide bonds. The monoisotopic (exact) mass is 249 g/mol. The molecule has 0 aliphatic carbocycles. The Labute approximate surface area is 106 Å². The van der Waals surface area contributed by atoms with Gasteiger partial charge in [0.25, 0.3) is 0 Å². The molecule has 2 aromatic heterocycles. The first-order valence-corrected chi connectivity index (χ1v) is 5.98. The number of rotatable bonds is 4. The SMILES string of the molecule is Cc1noc(Cn2ccnc2CNC(C)(C)C)n1. The lowest BCUT2D eigenvalue weighted by molar-refractivity contribution is 0.362. The fourth-order valence-corrected chi connectivity index (χ4v) is 1.55. The molecule has 0 aliphatic heterocycles. The summed E-state index contributed by atoms with van der Waals surface area (Å²) in [6, 6.07) is 0. The summed E-state index contributed by atoms with van der Waals surface area (Å²) >= 11 is 0. The van der Waals surface area contributed by atoms with Crippen molar-refractivity contribution < 1.29 is 4.52 Å². The number of nitrogens with zero attached hydrogens (tertiary/aromatic N) is 4. The minimum Gasteiger partial charge on any atom is -0.337 e. The Balaban J connectivity index is 2.03. The molecule has 0 spiro atoms. The minimum atomic E-state index is 0.0673. The molecule has 98 valence electrons. The number of hydrogen-bond donors (Lipinski definition) is 1. The van der Waals surface area contributed by atoms with Crippen molar-refractivity contribution in [2.24, 2.45) is 0 Å². The molecular formula is C12H19N5O. The zero-order valence-corrected chi connectivity index (χ0v) is 11.3. The van der Waals surface area contributed by atoms with Crippen LogP contribution in [0.2, 0.25) is 0 Å². The van der Waals surface area contributed by atoms with Crippen LogP contribution < -0.4 is 5.32 Å². The van der Waals surface area contributed by atoms with Crippen LogP contribution in [0.5, 0.6) is 0 Å². The highest BCUT2D eigenvalue weighted by Crippen LogP contribution is 2.06. The Bertz CT molecular complexity index is 509. The number of hydrogen-bond acceptors (Lipinski definition) is 5. The van der Waals surface area contributed by atoms with Gasteiger partial charge in [-0.2, -0.15) is 4.98 Å². The van der Waals surface area contributed by atoms with Crippen LogP contribution in [0.15, 0.2) is 16.9 Å². The van der Waals surface area contributed by atoms with Crippen LogP contribution in [0.25, 0.3) is 0 Å². The molecule has 0 aromatic carbocycles. The average molecular weight is 249 g/mol. The maximum atomic E-state index is 5.11.